The topological polar surface area (TPSA) is 62.7 Å². The van der Waals surface area contributed by atoms with E-state index in [0.29, 0.717) is 5.92 Å². The Morgan fingerprint density at radius 1 is 1.04 bits per heavy atom. The Kier molecular flexibility index (Phi) is 4.39. The minimum Gasteiger partial charge on any atom is -0.348 e. The average Bonchev–Trinajstić information content (AvgIpc) is 3.43. The van der Waals surface area contributed by atoms with E-state index in [1.54, 1.807) is 0 Å². The Morgan fingerprint density at radius 3 is 2.18 bits per heavy atom. The lowest BCUT2D eigenvalue weighted by molar-refractivity contribution is -0.138. The van der Waals surface area contributed by atoms with Crippen LogP contribution in [0.25, 0.3) is 0 Å². The molecule has 0 amide bonds. The highest BCUT2D eigenvalue weighted by Crippen LogP contribution is 2.55. The van der Waals surface area contributed by atoms with Crippen molar-refractivity contribution in [2.75, 3.05) is 10.6 Å². The van der Waals surface area contributed by atoms with Crippen molar-refractivity contribution in [2.45, 2.75) is 69.6 Å². The van der Waals surface area contributed by atoms with Crippen LogP contribution in [-0.4, -0.2) is 39.1 Å². The second-order valence-electron chi connectivity index (χ2n) is 7.98. The van der Waals surface area contributed by atoms with E-state index in [1.807, 2.05) is 0 Å². The lowest BCUT2D eigenvalue weighted by Gasteiger charge is -2.19. The molecule has 2 N–H and O–H groups in total. The van der Waals surface area contributed by atoms with Gasteiger partial charge >= 0.3 is 6.18 Å². The number of hydrogen-bond donors (Lipinski definition) is 2. The fourth-order valence-electron chi connectivity index (χ4n) is 3.17. The van der Waals surface area contributed by atoms with E-state index in [9.17, 15) is 22.0 Å². The van der Waals surface area contributed by atoms with E-state index in [0.717, 1.165) is 32.6 Å². The van der Waals surface area contributed by atoms with Gasteiger partial charge in [-0.15, -0.1) is 0 Å². The zero-order chi connectivity index (χ0) is 20.2. The quantitative estimate of drug-likeness (QED) is 0.558. The van der Waals surface area contributed by atoms with Gasteiger partial charge in [-0.2, -0.15) is 28.1 Å². The third-order valence-corrected chi connectivity index (χ3v) is 5.61. The first-order valence-electron chi connectivity index (χ1n) is 9.31. The molecule has 0 aliphatic heterocycles. The Balaban J connectivity index is 1.60. The predicted molar refractivity (Wildman–Crippen MR) is 91.8 cm³/mol. The standard InChI is InChI=1S/C18H20F5N5/c1-10(18(21,22)23)24-14-25-12(4-5-16(6-7-16)13(19)20)26-15(27-14)28-17(8-9-17)11-2-3-11/h10-11,13H,2-3,6-9H2,1H3,(H2,24,25,26,27,28)/t10-/m1/s1. The van der Waals surface area contributed by atoms with Crippen LogP contribution in [0.1, 0.15) is 51.3 Å². The molecule has 28 heavy (non-hydrogen) atoms. The van der Waals surface area contributed by atoms with Crippen molar-refractivity contribution in [3.05, 3.63) is 5.82 Å². The maximum absolute atomic E-state index is 13.1. The van der Waals surface area contributed by atoms with Gasteiger partial charge in [0.05, 0.1) is 5.41 Å². The number of aromatic nitrogens is 3. The molecular weight excluding hydrogens is 381 g/mol. The second-order valence-corrected chi connectivity index (χ2v) is 7.98. The Labute approximate surface area is 158 Å². The molecule has 3 saturated carbocycles. The van der Waals surface area contributed by atoms with Crippen LogP contribution in [0.4, 0.5) is 33.8 Å². The summed E-state index contributed by atoms with van der Waals surface area (Å²) in [6.45, 7) is 0.949. The zero-order valence-corrected chi connectivity index (χ0v) is 15.2. The molecule has 1 aromatic rings. The van der Waals surface area contributed by atoms with Crippen LogP contribution in [0.5, 0.6) is 0 Å². The maximum atomic E-state index is 13.1. The molecule has 5 nitrogen and oxygen atoms in total. The highest BCUT2D eigenvalue weighted by Gasteiger charge is 2.54. The molecular formula is C18H20F5N5. The summed E-state index contributed by atoms with van der Waals surface area (Å²) in [5, 5.41) is 5.43. The Hall–Kier alpha value is -2.18. The van der Waals surface area contributed by atoms with Crippen LogP contribution in [-0.2, 0) is 0 Å². The van der Waals surface area contributed by atoms with Gasteiger partial charge in [-0.25, -0.2) is 8.78 Å². The molecule has 152 valence electrons. The van der Waals surface area contributed by atoms with Crippen molar-refractivity contribution in [3.63, 3.8) is 0 Å². The highest BCUT2D eigenvalue weighted by molar-refractivity contribution is 5.44. The summed E-state index contributed by atoms with van der Waals surface area (Å²) < 4.78 is 64.7. The Morgan fingerprint density at radius 2 is 1.68 bits per heavy atom. The second kappa shape index (κ2) is 6.42. The van der Waals surface area contributed by atoms with Crippen molar-refractivity contribution < 1.29 is 22.0 Å². The molecule has 0 bridgehead atoms. The van der Waals surface area contributed by atoms with Crippen molar-refractivity contribution >= 4 is 11.9 Å². The third kappa shape index (κ3) is 3.98. The van der Waals surface area contributed by atoms with Gasteiger partial charge in [-0.3, -0.25) is 0 Å². The molecule has 10 heteroatoms. The zero-order valence-electron chi connectivity index (χ0n) is 15.2. The molecule has 3 aliphatic rings. The molecule has 1 heterocycles. The lowest BCUT2D eigenvalue weighted by atomic mass is 10.1. The largest absolute Gasteiger partial charge is 0.408 e. The van der Waals surface area contributed by atoms with E-state index < -0.39 is 24.1 Å². The molecule has 1 atom stereocenters. The van der Waals surface area contributed by atoms with E-state index in [4.69, 9.17) is 0 Å². The van der Waals surface area contributed by atoms with Gasteiger partial charge in [0.2, 0.25) is 17.7 Å². The van der Waals surface area contributed by atoms with Crippen LogP contribution in [0, 0.1) is 23.2 Å². The fourth-order valence-corrected chi connectivity index (χ4v) is 3.17. The third-order valence-electron chi connectivity index (χ3n) is 5.61. The first-order chi connectivity index (χ1) is 13.1. The molecule has 3 aliphatic carbocycles. The molecule has 0 saturated heterocycles. The fraction of sp³-hybridized carbons (Fsp3) is 0.722. The number of alkyl halides is 5. The molecule has 1 aromatic heterocycles. The normalized spacial score (nSPS) is 22.8. The average molecular weight is 401 g/mol. The SMILES string of the molecule is C[C@@H](Nc1nc(C#CC2(C(F)F)CC2)nc(NC2(C3CC3)CC2)n1)C(F)(F)F. The number of nitrogens with one attached hydrogen (secondary N) is 2. The minimum absolute atomic E-state index is 0.111. The van der Waals surface area contributed by atoms with Gasteiger partial charge in [-0.1, -0.05) is 5.92 Å². The summed E-state index contributed by atoms with van der Waals surface area (Å²) in [6.07, 6.45) is -2.40. The first-order valence-corrected chi connectivity index (χ1v) is 9.31. The molecule has 0 unspecified atom stereocenters. The molecule has 0 aromatic carbocycles. The van der Waals surface area contributed by atoms with E-state index in [-0.39, 0.29) is 36.1 Å². The van der Waals surface area contributed by atoms with E-state index in [1.165, 1.54) is 0 Å². The smallest absolute Gasteiger partial charge is 0.348 e. The molecule has 3 fully saturated rings. The van der Waals surface area contributed by atoms with E-state index >= 15 is 0 Å². The summed E-state index contributed by atoms with van der Waals surface area (Å²) in [7, 11) is 0. The maximum Gasteiger partial charge on any atom is 0.408 e. The van der Waals surface area contributed by atoms with Gasteiger partial charge in [0.25, 0.3) is 6.43 Å². The van der Waals surface area contributed by atoms with E-state index in [2.05, 4.69) is 37.4 Å². The predicted octanol–water partition coefficient (Wildman–Crippen LogP) is 3.99. The van der Waals surface area contributed by atoms with Gasteiger partial charge in [0.15, 0.2) is 0 Å². The number of halogens is 5. The summed E-state index contributed by atoms with van der Waals surface area (Å²) >= 11 is 0. The van der Waals surface area contributed by atoms with Crippen LogP contribution >= 0.6 is 0 Å². The summed E-state index contributed by atoms with van der Waals surface area (Å²) in [6, 6.07) is -1.88. The minimum atomic E-state index is -4.48. The van der Waals surface area contributed by atoms with Crippen LogP contribution < -0.4 is 10.6 Å². The van der Waals surface area contributed by atoms with Gasteiger partial charge < -0.3 is 10.6 Å². The number of nitrogens with zero attached hydrogens (tertiary/aromatic N) is 3. The van der Waals surface area contributed by atoms with Gasteiger partial charge in [0, 0.05) is 5.54 Å². The molecule has 0 radical (unpaired) electrons. The summed E-state index contributed by atoms with van der Waals surface area (Å²) in [4.78, 5) is 12.1. The number of hydrogen-bond acceptors (Lipinski definition) is 5. The summed E-state index contributed by atoms with van der Waals surface area (Å²) in [5.41, 5.74) is -1.46. The number of rotatable bonds is 6. The Bertz CT molecular complexity index is 816. The van der Waals surface area contributed by atoms with Crippen molar-refractivity contribution in [2.24, 2.45) is 11.3 Å². The summed E-state index contributed by atoms with van der Waals surface area (Å²) in [5.74, 6) is 5.27. The molecule has 4 rings (SSSR count). The van der Waals surface area contributed by atoms with Crippen molar-refractivity contribution in [1.29, 1.82) is 0 Å². The monoisotopic (exact) mass is 401 g/mol. The van der Waals surface area contributed by atoms with Crippen LogP contribution in [0.2, 0.25) is 0 Å². The van der Waals surface area contributed by atoms with Crippen molar-refractivity contribution in [3.8, 4) is 11.8 Å². The van der Waals surface area contributed by atoms with Crippen molar-refractivity contribution in [1.82, 2.24) is 15.0 Å². The van der Waals surface area contributed by atoms with Gasteiger partial charge in [-0.05, 0) is 57.3 Å². The lowest BCUT2D eigenvalue weighted by Crippen LogP contribution is -2.34. The highest BCUT2D eigenvalue weighted by atomic mass is 19.4. The number of anilines is 2. The van der Waals surface area contributed by atoms with Crippen LogP contribution in [0.3, 0.4) is 0 Å². The first kappa shape index (κ1) is 19.2. The van der Waals surface area contributed by atoms with Crippen LogP contribution in [0.15, 0.2) is 0 Å². The molecule has 0 spiro atoms. The van der Waals surface area contributed by atoms with Gasteiger partial charge in [0.1, 0.15) is 6.04 Å².